The minimum Gasteiger partial charge on any atom is -0.311 e. The first-order valence-corrected chi connectivity index (χ1v) is 7.44. The summed E-state index contributed by atoms with van der Waals surface area (Å²) in [5.74, 6) is 0. The van der Waals surface area contributed by atoms with Gasteiger partial charge in [0, 0.05) is 11.0 Å². The molecular weight excluding hydrogens is 351 g/mol. The third-order valence-electron chi connectivity index (χ3n) is 2.60. The second kappa shape index (κ2) is 6.70. The molecule has 0 atom stereocenters. The highest BCUT2D eigenvalue weighted by atomic mass is 79.9. The van der Waals surface area contributed by atoms with Crippen LogP contribution < -0.4 is 5.32 Å². The summed E-state index contributed by atoms with van der Waals surface area (Å²) >= 11 is 15.7. The molecule has 0 aliphatic carbocycles. The van der Waals surface area contributed by atoms with Crippen LogP contribution in [0.2, 0.25) is 10.0 Å². The van der Waals surface area contributed by atoms with E-state index >= 15 is 0 Å². The number of benzene rings is 1. The van der Waals surface area contributed by atoms with Gasteiger partial charge in [-0.3, -0.25) is 0 Å². The van der Waals surface area contributed by atoms with Crippen molar-refractivity contribution in [1.29, 1.82) is 0 Å². The fourth-order valence-electron chi connectivity index (χ4n) is 1.65. The predicted octanol–water partition coefficient (Wildman–Crippen LogP) is 3.84. The van der Waals surface area contributed by atoms with E-state index in [9.17, 15) is 0 Å². The molecule has 0 fully saturated rings. The SMILES string of the molecule is CCCNCc1cnnn1-c1ccc(Br)c(Cl)c1Cl. The van der Waals surface area contributed by atoms with Gasteiger partial charge in [0.2, 0.25) is 0 Å². The Morgan fingerprint density at radius 2 is 2.11 bits per heavy atom. The quantitative estimate of drug-likeness (QED) is 0.648. The van der Waals surface area contributed by atoms with E-state index in [2.05, 4.69) is 38.5 Å². The van der Waals surface area contributed by atoms with Crippen molar-refractivity contribution in [1.82, 2.24) is 20.3 Å². The van der Waals surface area contributed by atoms with E-state index in [0.29, 0.717) is 16.6 Å². The molecule has 19 heavy (non-hydrogen) atoms. The van der Waals surface area contributed by atoms with Crippen molar-refractivity contribution < 1.29 is 0 Å². The van der Waals surface area contributed by atoms with Crippen molar-refractivity contribution in [3.63, 3.8) is 0 Å². The van der Waals surface area contributed by atoms with Crippen LogP contribution in [0.1, 0.15) is 19.0 Å². The highest BCUT2D eigenvalue weighted by molar-refractivity contribution is 9.10. The summed E-state index contributed by atoms with van der Waals surface area (Å²) in [7, 11) is 0. The second-order valence-electron chi connectivity index (χ2n) is 4.01. The van der Waals surface area contributed by atoms with Crippen LogP contribution in [-0.2, 0) is 6.54 Å². The van der Waals surface area contributed by atoms with Crippen LogP contribution in [0.5, 0.6) is 0 Å². The van der Waals surface area contributed by atoms with Gasteiger partial charge >= 0.3 is 0 Å². The van der Waals surface area contributed by atoms with Gasteiger partial charge in [-0.1, -0.05) is 35.3 Å². The molecule has 2 rings (SSSR count). The smallest absolute Gasteiger partial charge is 0.0869 e. The van der Waals surface area contributed by atoms with Crippen LogP contribution >= 0.6 is 39.1 Å². The maximum absolute atomic E-state index is 6.25. The first-order chi connectivity index (χ1) is 9.15. The zero-order valence-electron chi connectivity index (χ0n) is 10.3. The Labute approximate surface area is 130 Å². The normalized spacial score (nSPS) is 10.9. The Kier molecular flexibility index (Phi) is 5.21. The lowest BCUT2D eigenvalue weighted by Gasteiger charge is -2.10. The molecule has 0 saturated carbocycles. The molecule has 0 spiro atoms. The minimum atomic E-state index is 0.457. The standard InChI is InChI=1S/C12H13BrCl2N4/c1-2-5-16-6-8-7-17-18-19(8)10-4-3-9(13)11(14)12(10)15/h3-4,7,16H,2,5-6H2,1H3. The van der Waals surface area contributed by atoms with Gasteiger partial charge in [-0.2, -0.15) is 0 Å². The van der Waals surface area contributed by atoms with Gasteiger partial charge in [-0.05, 0) is 41.0 Å². The van der Waals surface area contributed by atoms with E-state index in [1.807, 2.05) is 12.1 Å². The Hall–Kier alpha value is -0.620. The fourth-order valence-corrected chi connectivity index (χ4v) is 2.50. The summed E-state index contributed by atoms with van der Waals surface area (Å²) in [5.41, 5.74) is 1.66. The highest BCUT2D eigenvalue weighted by Gasteiger charge is 2.13. The van der Waals surface area contributed by atoms with Crippen LogP contribution in [0.15, 0.2) is 22.8 Å². The molecule has 0 saturated heterocycles. The zero-order valence-corrected chi connectivity index (χ0v) is 13.4. The van der Waals surface area contributed by atoms with Crippen LogP contribution in [0.25, 0.3) is 5.69 Å². The maximum atomic E-state index is 6.25. The van der Waals surface area contributed by atoms with Crippen LogP contribution in [0, 0.1) is 0 Å². The highest BCUT2D eigenvalue weighted by Crippen LogP contribution is 2.34. The number of rotatable bonds is 5. The number of hydrogen-bond acceptors (Lipinski definition) is 3. The van der Waals surface area contributed by atoms with Gasteiger partial charge in [-0.15, -0.1) is 5.10 Å². The average Bonchev–Trinajstić information content (AvgIpc) is 2.85. The molecule has 1 heterocycles. The number of nitrogens with one attached hydrogen (secondary N) is 1. The topological polar surface area (TPSA) is 42.7 Å². The fraction of sp³-hybridized carbons (Fsp3) is 0.333. The van der Waals surface area contributed by atoms with Crippen LogP contribution in [0.4, 0.5) is 0 Å². The van der Waals surface area contributed by atoms with Gasteiger partial charge in [0.05, 0.1) is 27.6 Å². The summed E-state index contributed by atoms with van der Waals surface area (Å²) < 4.78 is 2.46. The third kappa shape index (κ3) is 3.28. The van der Waals surface area contributed by atoms with E-state index in [1.54, 1.807) is 10.9 Å². The van der Waals surface area contributed by atoms with E-state index in [1.165, 1.54) is 0 Å². The van der Waals surface area contributed by atoms with Crippen molar-refractivity contribution in [2.24, 2.45) is 0 Å². The minimum absolute atomic E-state index is 0.457. The molecule has 1 aromatic carbocycles. The first-order valence-electron chi connectivity index (χ1n) is 5.89. The molecule has 0 unspecified atom stereocenters. The predicted molar refractivity (Wildman–Crippen MR) is 81.1 cm³/mol. The molecule has 0 amide bonds. The molecule has 4 nitrogen and oxygen atoms in total. The molecule has 0 aliphatic rings. The summed E-state index contributed by atoms with van der Waals surface area (Å²) in [4.78, 5) is 0. The summed E-state index contributed by atoms with van der Waals surface area (Å²) in [6, 6.07) is 3.70. The van der Waals surface area contributed by atoms with Gasteiger partial charge in [0.15, 0.2) is 0 Å². The van der Waals surface area contributed by atoms with Crippen molar-refractivity contribution in [3.8, 4) is 5.69 Å². The molecule has 0 bridgehead atoms. The van der Waals surface area contributed by atoms with Gasteiger partial charge in [0.1, 0.15) is 0 Å². The Balaban J connectivity index is 2.32. The van der Waals surface area contributed by atoms with Crippen LogP contribution in [0.3, 0.4) is 0 Å². The lowest BCUT2D eigenvalue weighted by Crippen LogP contribution is -2.17. The number of aromatic nitrogens is 3. The van der Waals surface area contributed by atoms with Gasteiger partial charge in [-0.25, -0.2) is 4.68 Å². The summed E-state index contributed by atoms with van der Waals surface area (Å²) in [6.45, 7) is 3.75. The number of hydrogen-bond donors (Lipinski definition) is 1. The molecule has 1 aromatic heterocycles. The monoisotopic (exact) mass is 362 g/mol. The number of nitrogens with zero attached hydrogens (tertiary/aromatic N) is 3. The Morgan fingerprint density at radius 1 is 1.32 bits per heavy atom. The molecule has 1 N–H and O–H groups in total. The summed E-state index contributed by atoms with van der Waals surface area (Å²) in [6.07, 6.45) is 2.79. The largest absolute Gasteiger partial charge is 0.311 e. The van der Waals surface area contributed by atoms with Crippen molar-refractivity contribution in [3.05, 3.63) is 38.5 Å². The van der Waals surface area contributed by atoms with Gasteiger partial charge in [0.25, 0.3) is 0 Å². The number of halogens is 3. The molecule has 0 aliphatic heterocycles. The molecule has 0 radical (unpaired) electrons. The second-order valence-corrected chi connectivity index (χ2v) is 5.62. The van der Waals surface area contributed by atoms with E-state index in [4.69, 9.17) is 23.2 Å². The van der Waals surface area contributed by atoms with Crippen molar-refractivity contribution in [2.75, 3.05) is 6.54 Å². The maximum Gasteiger partial charge on any atom is 0.0869 e. The van der Waals surface area contributed by atoms with Crippen molar-refractivity contribution >= 4 is 39.1 Å². The van der Waals surface area contributed by atoms with E-state index in [-0.39, 0.29) is 0 Å². The lowest BCUT2D eigenvalue weighted by atomic mass is 10.3. The molecule has 7 heteroatoms. The average molecular weight is 364 g/mol. The first kappa shape index (κ1) is 14.8. The molecular formula is C12H13BrCl2N4. The Morgan fingerprint density at radius 3 is 2.84 bits per heavy atom. The van der Waals surface area contributed by atoms with Crippen LogP contribution in [-0.4, -0.2) is 21.5 Å². The molecule has 102 valence electrons. The van der Waals surface area contributed by atoms with E-state index in [0.717, 1.165) is 28.8 Å². The third-order valence-corrected chi connectivity index (χ3v) is 4.36. The van der Waals surface area contributed by atoms with Crippen molar-refractivity contribution in [2.45, 2.75) is 19.9 Å². The molecule has 2 aromatic rings. The zero-order chi connectivity index (χ0) is 13.8. The Bertz CT molecular complexity index is 571. The van der Waals surface area contributed by atoms with E-state index < -0.39 is 0 Å². The van der Waals surface area contributed by atoms with Gasteiger partial charge < -0.3 is 5.32 Å². The summed E-state index contributed by atoms with van der Waals surface area (Å²) in [5, 5.41) is 12.2. The lowest BCUT2D eigenvalue weighted by molar-refractivity contribution is 0.641.